The lowest BCUT2D eigenvalue weighted by atomic mass is 10.1. The number of nitrogens with zero attached hydrogens (tertiary/aromatic N) is 2. The average molecular weight is 289 g/mol. The van der Waals surface area contributed by atoms with Gasteiger partial charge in [-0.05, 0) is 31.4 Å². The molecule has 0 bridgehead atoms. The fourth-order valence-electron chi connectivity index (χ4n) is 3.16. The first-order valence-electron chi connectivity index (χ1n) is 7.76. The molecule has 2 aliphatic rings. The summed E-state index contributed by atoms with van der Waals surface area (Å²) in [5.41, 5.74) is 1.21. The molecule has 0 spiro atoms. The van der Waals surface area contributed by atoms with Gasteiger partial charge in [0.1, 0.15) is 0 Å². The first-order valence-corrected chi connectivity index (χ1v) is 7.76. The Morgan fingerprint density at radius 1 is 1.14 bits per heavy atom. The van der Waals surface area contributed by atoms with E-state index in [1.165, 1.54) is 5.69 Å². The maximum atomic E-state index is 12.2. The fourth-order valence-corrected chi connectivity index (χ4v) is 3.16. The predicted octanol–water partition coefficient (Wildman–Crippen LogP) is 1.43. The van der Waals surface area contributed by atoms with Crippen LogP contribution in [0.15, 0.2) is 30.3 Å². The molecule has 2 saturated heterocycles. The molecule has 0 radical (unpaired) electrons. The number of amides is 2. The van der Waals surface area contributed by atoms with Gasteiger partial charge in [-0.15, -0.1) is 0 Å². The number of nitrogens with one attached hydrogen (secondary N) is 1. The van der Waals surface area contributed by atoms with Gasteiger partial charge in [0.15, 0.2) is 0 Å². The minimum absolute atomic E-state index is 0.0336. The molecular formula is C16H23N3O2. The summed E-state index contributed by atoms with van der Waals surface area (Å²) >= 11 is 0. The summed E-state index contributed by atoms with van der Waals surface area (Å²) in [5, 5.41) is 12.8. The zero-order valence-electron chi connectivity index (χ0n) is 12.2. The zero-order chi connectivity index (χ0) is 14.7. The summed E-state index contributed by atoms with van der Waals surface area (Å²) in [5.74, 6) is 0. The first-order chi connectivity index (χ1) is 10.2. The van der Waals surface area contributed by atoms with Crippen LogP contribution in [0.3, 0.4) is 0 Å². The molecule has 21 heavy (non-hydrogen) atoms. The summed E-state index contributed by atoms with van der Waals surface area (Å²) in [7, 11) is 0. The van der Waals surface area contributed by atoms with E-state index in [-0.39, 0.29) is 18.2 Å². The van der Waals surface area contributed by atoms with Crippen LogP contribution in [-0.2, 0) is 0 Å². The van der Waals surface area contributed by atoms with Crippen LogP contribution >= 0.6 is 0 Å². The minimum Gasteiger partial charge on any atom is -0.391 e. The minimum atomic E-state index is -0.367. The third-order valence-corrected chi connectivity index (χ3v) is 4.32. The molecular weight excluding hydrogens is 266 g/mol. The van der Waals surface area contributed by atoms with E-state index in [0.29, 0.717) is 6.54 Å². The molecule has 2 heterocycles. The number of urea groups is 1. The highest BCUT2D eigenvalue weighted by Crippen LogP contribution is 2.20. The summed E-state index contributed by atoms with van der Waals surface area (Å²) in [6.45, 7) is 3.03. The first kappa shape index (κ1) is 14.2. The van der Waals surface area contributed by atoms with Crippen molar-refractivity contribution in [2.75, 3.05) is 31.1 Å². The number of β-amino-alcohol motifs (C(OH)–C–C–N with tert-alkyl or cyclic N) is 1. The number of rotatable bonds is 2. The van der Waals surface area contributed by atoms with E-state index in [4.69, 9.17) is 0 Å². The number of anilines is 1. The largest absolute Gasteiger partial charge is 0.391 e. The second-order valence-electron chi connectivity index (χ2n) is 5.96. The molecule has 2 amide bonds. The van der Waals surface area contributed by atoms with Crippen LogP contribution in [-0.4, -0.2) is 54.4 Å². The van der Waals surface area contributed by atoms with Crippen molar-refractivity contribution >= 4 is 11.7 Å². The van der Waals surface area contributed by atoms with Gasteiger partial charge in [0.2, 0.25) is 0 Å². The molecule has 1 aromatic carbocycles. The molecule has 2 unspecified atom stereocenters. The molecule has 5 nitrogen and oxygen atoms in total. The average Bonchev–Trinajstić information content (AvgIpc) is 2.97. The molecule has 2 N–H and O–H groups in total. The highest BCUT2D eigenvalue weighted by atomic mass is 16.3. The van der Waals surface area contributed by atoms with Gasteiger partial charge >= 0.3 is 6.03 Å². The lowest BCUT2D eigenvalue weighted by molar-refractivity contribution is 0.0835. The Bertz CT molecular complexity index is 480. The quantitative estimate of drug-likeness (QED) is 0.866. The number of hydrogen-bond acceptors (Lipinski definition) is 3. The van der Waals surface area contributed by atoms with Gasteiger partial charge in [0, 0.05) is 37.9 Å². The van der Waals surface area contributed by atoms with Gasteiger partial charge in [0.05, 0.1) is 6.10 Å². The number of para-hydroxylation sites is 1. The van der Waals surface area contributed by atoms with E-state index in [2.05, 4.69) is 22.3 Å². The van der Waals surface area contributed by atoms with Crippen molar-refractivity contribution in [2.24, 2.45) is 0 Å². The number of likely N-dealkylation sites (tertiary alicyclic amines) is 1. The molecule has 5 heteroatoms. The molecule has 0 saturated carbocycles. The Balaban J connectivity index is 1.51. The molecule has 2 atom stereocenters. The van der Waals surface area contributed by atoms with Crippen molar-refractivity contribution in [3.63, 3.8) is 0 Å². The lowest BCUT2D eigenvalue weighted by Crippen LogP contribution is -2.50. The van der Waals surface area contributed by atoms with Crippen molar-refractivity contribution in [3.8, 4) is 0 Å². The maximum absolute atomic E-state index is 12.2. The van der Waals surface area contributed by atoms with Crippen LogP contribution in [0, 0.1) is 0 Å². The van der Waals surface area contributed by atoms with Gasteiger partial charge < -0.3 is 20.2 Å². The van der Waals surface area contributed by atoms with Crippen LogP contribution < -0.4 is 10.2 Å². The van der Waals surface area contributed by atoms with Gasteiger partial charge in [-0.1, -0.05) is 18.2 Å². The SMILES string of the molecule is O=C(NC1CCN(c2ccccc2)C1)N1CCCC(O)C1. The van der Waals surface area contributed by atoms with E-state index >= 15 is 0 Å². The standard InChI is InChI=1S/C16H23N3O2/c20-15-7-4-9-19(12-15)16(21)17-13-8-10-18(11-13)14-5-2-1-3-6-14/h1-3,5-6,13,15,20H,4,7-12H2,(H,17,21). The third-order valence-electron chi connectivity index (χ3n) is 4.32. The van der Waals surface area contributed by atoms with Crippen LogP contribution in [0.1, 0.15) is 19.3 Å². The molecule has 1 aromatic rings. The van der Waals surface area contributed by atoms with E-state index in [1.54, 1.807) is 4.90 Å². The smallest absolute Gasteiger partial charge is 0.317 e. The summed E-state index contributed by atoms with van der Waals surface area (Å²) < 4.78 is 0. The van der Waals surface area contributed by atoms with E-state index in [9.17, 15) is 9.90 Å². The monoisotopic (exact) mass is 289 g/mol. The topological polar surface area (TPSA) is 55.8 Å². The van der Waals surface area contributed by atoms with Crippen molar-refractivity contribution in [1.82, 2.24) is 10.2 Å². The number of piperidine rings is 1. The van der Waals surface area contributed by atoms with E-state index < -0.39 is 0 Å². The van der Waals surface area contributed by atoms with Crippen LogP contribution in [0.5, 0.6) is 0 Å². The van der Waals surface area contributed by atoms with E-state index in [1.807, 2.05) is 18.2 Å². The van der Waals surface area contributed by atoms with Crippen LogP contribution in [0.2, 0.25) is 0 Å². The van der Waals surface area contributed by atoms with Gasteiger partial charge in [-0.25, -0.2) is 4.79 Å². The van der Waals surface area contributed by atoms with Gasteiger partial charge in [0.25, 0.3) is 0 Å². The Hall–Kier alpha value is -1.75. The van der Waals surface area contributed by atoms with Gasteiger partial charge in [-0.2, -0.15) is 0 Å². The zero-order valence-corrected chi connectivity index (χ0v) is 12.2. The molecule has 2 aliphatic heterocycles. The lowest BCUT2D eigenvalue weighted by Gasteiger charge is -2.31. The number of carbonyl (C=O) groups is 1. The Morgan fingerprint density at radius 2 is 1.95 bits per heavy atom. The molecule has 2 fully saturated rings. The molecule has 0 aromatic heterocycles. The van der Waals surface area contributed by atoms with Crippen molar-refractivity contribution in [3.05, 3.63) is 30.3 Å². The second kappa shape index (κ2) is 6.35. The highest BCUT2D eigenvalue weighted by molar-refractivity contribution is 5.75. The summed E-state index contributed by atoms with van der Waals surface area (Å²) in [4.78, 5) is 16.3. The number of aliphatic hydroxyl groups excluding tert-OH is 1. The maximum Gasteiger partial charge on any atom is 0.317 e. The van der Waals surface area contributed by atoms with Crippen molar-refractivity contribution < 1.29 is 9.90 Å². The normalized spacial score (nSPS) is 26.0. The van der Waals surface area contributed by atoms with Crippen LogP contribution in [0.4, 0.5) is 10.5 Å². The fraction of sp³-hybridized carbons (Fsp3) is 0.562. The van der Waals surface area contributed by atoms with Crippen molar-refractivity contribution in [2.45, 2.75) is 31.4 Å². The molecule has 0 aliphatic carbocycles. The number of aliphatic hydroxyl groups is 1. The van der Waals surface area contributed by atoms with Crippen LogP contribution in [0.25, 0.3) is 0 Å². The Labute approximate surface area is 125 Å². The van der Waals surface area contributed by atoms with Crippen molar-refractivity contribution in [1.29, 1.82) is 0 Å². The van der Waals surface area contributed by atoms with E-state index in [0.717, 1.165) is 38.9 Å². The number of carbonyl (C=O) groups excluding carboxylic acids is 1. The van der Waals surface area contributed by atoms with Gasteiger partial charge in [-0.3, -0.25) is 0 Å². The predicted molar refractivity (Wildman–Crippen MR) is 82.4 cm³/mol. The molecule has 3 rings (SSSR count). The highest BCUT2D eigenvalue weighted by Gasteiger charge is 2.27. The second-order valence-corrected chi connectivity index (χ2v) is 5.96. The summed E-state index contributed by atoms with van der Waals surface area (Å²) in [6.07, 6.45) is 2.29. The summed E-state index contributed by atoms with van der Waals surface area (Å²) in [6, 6.07) is 10.5. The molecule has 114 valence electrons. The Kier molecular flexibility index (Phi) is 4.29. The third kappa shape index (κ3) is 3.47. The number of benzene rings is 1. The number of hydrogen-bond donors (Lipinski definition) is 2. The Morgan fingerprint density at radius 3 is 2.71 bits per heavy atom.